The van der Waals surface area contributed by atoms with E-state index in [0.717, 1.165) is 21.7 Å². The van der Waals surface area contributed by atoms with Crippen molar-refractivity contribution < 1.29 is 29.4 Å². The summed E-state index contributed by atoms with van der Waals surface area (Å²) < 4.78 is 0.00275. The van der Waals surface area contributed by atoms with Crippen LogP contribution in [-0.2, 0) is 14.4 Å². The third kappa shape index (κ3) is 3.64. The topological polar surface area (TPSA) is 127 Å². The summed E-state index contributed by atoms with van der Waals surface area (Å²) in [6, 6.07) is 12.1. The van der Waals surface area contributed by atoms with E-state index in [9.17, 15) is 24.3 Å². The van der Waals surface area contributed by atoms with Crippen LogP contribution in [0, 0.1) is 0 Å². The molecule has 0 spiro atoms. The molecule has 156 valence electrons. The van der Waals surface area contributed by atoms with Crippen LogP contribution in [0.1, 0.15) is 15.9 Å². The fraction of sp³-hybridized carbons (Fsp3) is 0.0500. The molecule has 2 aromatic carbocycles. The number of phenols is 1. The summed E-state index contributed by atoms with van der Waals surface area (Å²) in [6.07, 6.45) is 0. The molecule has 0 unspecified atom stereocenters. The van der Waals surface area contributed by atoms with Crippen LogP contribution in [0.5, 0.6) is 5.75 Å². The number of benzene rings is 2. The largest absolute Gasteiger partial charge is 0.508 e. The first kappa shape index (κ1) is 20.6. The van der Waals surface area contributed by atoms with Gasteiger partial charge in [-0.2, -0.15) is 5.01 Å². The number of amides is 3. The zero-order valence-corrected chi connectivity index (χ0v) is 17.2. The van der Waals surface area contributed by atoms with E-state index in [4.69, 9.17) is 17.3 Å². The van der Waals surface area contributed by atoms with Gasteiger partial charge in [0.2, 0.25) is 0 Å². The molecule has 1 fully saturated rings. The number of thiocarbonyl (C=S) groups is 1. The van der Waals surface area contributed by atoms with E-state index >= 15 is 0 Å². The van der Waals surface area contributed by atoms with Crippen molar-refractivity contribution >= 4 is 63.3 Å². The fourth-order valence-corrected chi connectivity index (χ4v) is 4.47. The molecule has 0 aromatic heterocycles. The number of carboxylic acid groups (broad SMARTS) is 1. The van der Waals surface area contributed by atoms with Gasteiger partial charge in [0.1, 0.15) is 12.3 Å². The first-order chi connectivity index (χ1) is 14.8. The lowest BCUT2D eigenvalue weighted by Crippen LogP contribution is -2.45. The Morgan fingerprint density at radius 1 is 1.06 bits per heavy atom. The maximum atomic E-state index is 13.0. The van der Waals surface area contributed by atoms with Gasteiger partial charge in [0.15, 0.2) is 4.32 Å². The number of hydrogen-bond donors (Lipinski definition) is 3. The standard InChI is InChI=1S/C20H13N3O6S2/c24-11-5-3-4-10(8-11)17(27)21-23-19(29)16(31-20(23)30)15-12-6-1-2-7-13(12)22(18(15)28)9-14(25)26/h1-8,24H,9H2,(H,21,27)(H,25,26)/b16-15-. The van der Waals surface area contributed by atoms with Crippen molar-refractivity contribution in [1.82, 2.24) is 10.4 Å². The SMILES string of the molecule is O=C(O)CN1C(=O)/C(=C2\SC(=S)N(NC(=O)c3cccc(O)c3)C2=O)c2ccccc21. The van der Waals surface area contributed by atoms with E-state index in [1.807, 2.05) is 0 Å². The van der Waals surface area contributed by atoms with Crippen LogP contribution in [-0.4, -0.2) is 49.8 Å². The van der Waals surface area contributed by atoms with Crippen molar-refractivity contribution in [3.05, 3.63) is 64.6 Å². The van der Waals surface area contributed by atoms with Gasteiger partial charge in [0.05, 0.1) is 16.2 Å². The van der Waals surface area contributed by atoms with E-state index in [1.165, 1.54) is 24.3 Å². The van der Waals surface area contributed by atoms with Crippen molar-refractivity contribution in [3.63, 3.8) is 0 Å². The number of hydrazine groups is 1. The van der Waals surface area contributed by atoms with E-state index in [0.29, 0.717) is 11.3 Å². The zero-order chi connectivity index (χ0) is 22.3. The molecule has 2 aliphatic heterocycles. The molecule has 0 bridgehead atoms. The van der Waals surface area contributed by atoms with Crippen LogP contribution in [0.15, 0.2) is 53.4 Å². The van der Waals surface area contributed by atoms with E-state index in [1.54, 1.807) is 24.3 Å². The number of thioether (sulfide) groups is 1. The summed E-state index contributed by atoms with van der Waals surface area (Å²) in [5.74, 6) is -3.34. The highest BCUT2D eigenvalue weighted by Crippen LogP contribution is 2.44. The van der Waals surface area contributed by atoms with Crippen LogP contribution in [0.4, 0.5) is 5.69 Å². The number of fused-ring (bicyclic) bond motifs is 1. The molecule has 2 heterocycles. The molecule has 31 heavy (non-hydrogen) atoms. The van der Waals surface area contributed by atoms with Crippen molar-refractivity contribution in [3.8, 4) is 5.75 Å². The maximum Gasteiger partial charge on any atom is 0.323 e. The number of aliphatic carboxylic acids is 1. The minimum Gasteiger partial charge on any atom is -0.508 e. The van der Waals surface area contributed by atoms with Crippen LogP contribution in [0.3, 0.4) is 0 Å². The third-order valence-corrected chi connectivity index (χ3v) is 5.91. The molecule has 11 heteroatoms. The van der Waals surface area contributed by atoms with Crippen LogP contribution in [0.25, 0.3) is 5.57 Å². The second-order valence-corrected chi connectivity index (χ2v) is 8.15. The smallest absolute Gasteiger partial charge is 0.323 e. The van der Waals surface area contributed by atoms with Gasteiger partial charge in [-0.15, -0.1) is 0 Å². The number of nitrogens with one attached hydrogen (secondary N) is 1. The first-order valence-corrected chi connectivity index (χ1v) is 10.0. The molecule has 1 saturated heterocycles. The van der Waals surface area contributed by atoms with Gasteiger partial charge in [-0.1, -0.05) is 36.0 Å². The lowest BCUT2D eigenvalue weighted by molar-refractivity contribution is -0.136. The van der Waals surface area contributed by atoms with Gasteiger partial charge >= 0.3 is 5.97 Å². The Kier molecular flexibility index (Phi) is 5.21. The highest BCUT2D eigenvalue weighted by Gasteiger charge is 2.43. The average Bonchev–Trinajstić information content (AvgIpc) is 3.15. The minimum atomic E-state index is -1.20. The molecule has 0 aliphatic carbocycles. The second-order valence-electron chi connectivity index (χ2n) is 6.51. The van der Waals surface area contributed by atoms with Crippen LogP contribution >= 0.6 is 24.0 Å². The van der Waals surface area contributed by atoms with Crippen molar-refractivity contribution in [2.24, 2.45) is 0 Å². The molecule has 0 atom stereocenters. The summed E-state index contributed by atoms with van der Waals surface area (Å²) >= 11 is 6.05. The summed E-state index contributed by atoms with van der Waals surface area (Å²) in [5.41, 5.74) is 3.30. The number of nitrogens with zero attached hydrogens (tertiary/aromatic N) is 2. The quantitative estimate of drug-likeness (QED) is 0.470. The number of anilines is 1. The van der Waals surface area contributed by atoms with Crippen molar-refractivity contribution in [2.75, 3.05) is 11.4 Å². The first-order valence-electron chi connectivity index (χ1n) is 8.81. The molecular formula is C20H13N3O6S2. The predicted octanol–water partition coefficient (Wildman–Crippen LogP) is 1.74. The number of carboxylic acids is 1. The summed E-state index contributed by atoms with van der Waals surface area (Å²) in [7, 11) is 0. The molecule has 0 radical (unpaired) electrons. The highest BCUT2D eigenvalue weighted by atomic mass is 32.2. The Morgan fingerprint density at radius 3 is 2.52 bits per heavy atom. The Balaban J connectivity index is 1.68. The van der Waals surface area contributed by atoms with Crippen molar-refractivity contribution in [2.45, 2.75) is 0 Å². The fourth-order valence-electron chi connectivity index (χ4n) is 3.22. The minimum absolute atomic E-state index is 0.00275. The number of phenolic OH excluding ortho intramolecular Hbond substituents is 1. The monoisotopic (exact) mass is 455 g/mol. The predicted molar refractivity (Wildman–Crippen MR) is 116 cm³/mol. The molecule has 2 aromatic rings. The Hall–Kier alpha value is -3.70. The second kappa shape index (κ2) is 7.85. The Morgan fingerprint density at radius 2 is 1.81 bits per heavy atom. The van der Waals surface area contributed by atoms with Crippen molar-refractivity contribution in [1.29, 1.82) is 0 Å². The van der Waals surface area contributed by atoms with Gasteiger partial charge in [-0.3, -0.25) is 29.5 Å². The summed E-state index contributed by atoms with van der Waals surface area (Å²) in [4.78, 5) is 50.8. The van der Waals surface area contributed by atoms with E-state index in [2.05, 4.69) is 5.43 Å². The van der Waals surface area contributed by atoms with E-state index in [-0.39, 0.29) is 26.1 Å². The van der Waals surface area contributed by atoms with Gasteiger partial charge in [-0.25, -0.2) is 0 Å². The number of carbonyl (C=O) groups is 4. The Labute approximate surface area is 184 Å². The lowest BCUT2D eigenvalue weighted by atomic mass is 10.1. The van der Waals surface area contributed by atoms with Gasteiger partial charge in [0.25, 0.3) is 17.7 Å². The molecule has 3 amide bonds. The van der Waals surface area contributed by atoms with Gasteiger partial charge in [-0.05, 0) is 36.5 Å². The molecule has 4 rings (SSSR count). The number of para-hydroxylation sites is 1. The molecule has 2 aliphatic rings. The normalized spacial score (nSPS) is 17.9. The number of carbonyl (C=O) groups excluding carboxylic acids is 3. The number of aromatic hydroxyl groups is 1. The zero-order valence-electron chi connectivity index (χ0n) is 15.6. The van der Waals surface area contributed by atoms with E-state index < -0.39 is 30.2 Å². The van der Waals surface area contributed by atoms with Crippen LogP contribution in [0.2, 0.25) is 0 Å². The third-order valence-electron chi connectivity index (χ3n) is 4.53. The highest BCUT2D eigenvalue weighted by molar-refractivity contribution is 8.26. The van der Waals surface area contributed by atoms with Gasteiger partial charge < -0.3 is 10.2 Å². The van der Waals surface area contributed by atoms with Gasteiger partial charge in [0, 0.05) is 11.1 Å². The number of hydrogen-bond acceptors (Lipinski definition) is 7. The van der Waals surface area contributed by atoms with Crippen LogP contribution < -0.4 is 10.3 Å². The molecule has 9 nitrogen and oxygen atoms in total. The average molecular weight is 455 g/mol. The molecule has 0 saturated carbocycles. The Bertz CT molecular complexity index is 1210. The summed E-state index contributed by atoms with van der Waals surface area (Å²) in [6.45, 7) is -0.562. The number of rotatable bonds is 4. The lowest BCUT2D eigenvalue weighted by Gasteiger charge is -2.16. The molecule has 3 N–H and O–H groups in total. The molecular weight excluding hydrogens is 442 g/mol. The summed E-state index contributed by atoms with van der Waals surface area (Å²) in [5, 5.41) is 19.5. The maximum absolute atomic E-state index is 13.0.